The maximum absolute atomic E-state index is 12.0. The van der Waals surface area contributed by atoms with Gasteiger partial charge in [0, 0.05) is 24.2 Å². The summed E-state index contributed by atoms with van der Waals surface area (Å²) in [5, 5.41) is 10.1. The van der Waals surface area contributed by atoms with Crippen LogP contribution in [0, 0.1) is 6.92 Å². The molecule has 2 heterocycles. The number of aryl methyl sites for hydroxylation is 1. The maximum atomic E-state index is 12.0. The Bertz CT molecular complexity index is 598. The van der Waals surface area contributed by atoms with Crippen LogP contribution < -0.4 is 10.6 Å². The third-order valence-electron chi connectivity index (χ3n) is 3.48. The fourth-order valence-electron chi connectivity index (χ4n) is 2.28. The number of rotatable bonds is 3. The van der Waals surface area contributed by atoms with Crippen LogP contribution in [-0.4, -0.2) is 30.2 Å². The number of amides is 1. The van der Waals surface area contributed by atoms with E-state index in [1.807, 2.05) is 31.2 Å². The van der Waals surface area contributed by atoms with Crippen LogP contribution in [-0.2, 0) is 0 Å². The first kappa shape index (κ1) is 12.9. The van der Waals surface area contributed by atoms with Gasteiger partial charge < -0.3 is 15.2 Å². The first-order valence-electron chi connectivity index (χ1n) is 6.78. The molecule has 0 bridgehead atoms. The van der Waals surface area contributed by atoms with Gasteiger partial charge in [0.25, 0.3) is 5.91 Å². The van der Waals surface area contributed by atoms with E-state index >= 15 is 0 Å². The summed E-state index contributed by atoms with van der Waals surface area (Å²) in [4.78, 5) is 12.0. The molecule has 0 saturated carbocycles. The zero-order valence-corrected chi connectivity index (χ0v) is 11.3. The zero-order valence-electron chi connectivity index (χ0n) is 11.3. The van der Waals surface area contributed by atoms with Crippen molar-refractivity contribution in [2.45, 2.75) is 19.4 Å². The third-order valence-corrected chi connectivity index (χ3v) is 3.48. The second-order valence-corrected chi connectivity index (χ2v) is 5.11. The number of benzene rings is 1. The number of carbonyl (C=O) groups is 1. The molecule has 1 unspecified atom stereocenters. The van der Waals surface area contributed by atoms with Gasteiger partial charge in [0.15, 0.2) is 0 Å². The van der Waals surface area contributed by atoms with Crippen LogP contribution in [0.2, 0.25) is 0 Å². The summed E-state index contributed by atoms with van der Waals surface area (Å²) in [5.74, 6) is 0.0528. The number of nitrogens with one attached hydrogen (secondary N) is 2. The van der Waals surface area contributed by atoms with Gasteiger partial charge in [-0.3, -0.25) is 4.79 Å². The highest BCUT2D eigenvalue weighted by Gasteiger charge is 2.20. The Morgan fingerprint density at radius 1 is 1.40 bits per heavy atom. The molecule has 0 spiro atoms. The highest BCUT2D eigenvalue weighted by atomic mass is 16.5. The van der Waals surface area contributed by atoms with Crippen molar-refractivity contribution < 1.29 is 9.32 Å². The van der Waals surface area contributed by atoms with Gasteiger partial charge in [-0.15, -0.1) is 0 Å². The maximum Gasteiger partial charge on any atom is 0.290 e. The summed E-state index contributed by atoms with van der Waals surface area (Å²) in [6, 6.07) is 9.81. The molecule has 2 aromatic rings. The standard InChI is InChI=1S/C15H17N3O2/c1-10-2-4-11(5-3-10)13-8-14(20-18-13)15(19)17-12-6-7-16-9-12/h2-5,8,12,16H,6-7,9H2,1H3,(H,17,19). The van der Waals surface area contributed by atoms with Crippen LogP contribution in [0.1, 0.15) is 22.5 Å². The number of hydrogen-bond donors (Lipinski definition) is 2. The molecular formula is C15H17N3O2. The van der Waals surface area contributed by atoms with Crippen molar-refractivity contribution in [2.24, 2.45) is 0 Å². The van der Waals surface area contributed by atoms with E-state index in [0.29, 0.717) is 5.69 Å². The van der Waals surface area contributed by atoms with E-state index in [4.69, 9.17) is 4.52 Å². The number of hydrogen-bond acceptors (Lipinski definition) is 4. The fraction of sp³-hybridized carbons (Fsp3) is 0.333. The normalized spacial score (nSPS) is 18.1. The lowest BCUT2D eigenvalue weighted by Crippen LogP contribution is -2.35. The highest BCUT2D eigenvalue weighted by molar-refractivity contribution is 5.92. The lowest BCUT2D eigenvalue weighted by atomic mass is 10.1. The van der Waals surface area contributed by atoms with E-state index in [1.54, 1.807) is 6.07 Å². The van der Waals surface area contributed by atoms with E-state index in [-0.39, 0.29) is 17.7 Å². The molecule has 0 radical (unpaired) electrons. The largest absolute Gasteiger partial charge is 0.350 e. The molecule has 3 rings (SSSR count). The summed E-state index contributed by atoms with van der Waals surface area (Å²) < 4.78 is 5.14. The van der Waals surface area contributed by atoms with Gasteiger partial charge in [-0.2, -0.15) is 0 Å². The van der Waals surface area contributed by atoms with Crippen LogP contribution in [0.5, 0.6) is 0 Å². The minimum atomic E-state index is -0.204. The van der Waals surface area contributed by atoms with Crippen molar-refractivity contribution in [1.29, 1.82) is 0 Å². The van der Waals surface area contributed by atoms with Crippen molar-refractivity contribution in [3.05, 3.63) is 41.7 Å². The monoisotopic (exact) mass is 271 g/mol. The van der Waals surface area contributed by atoms with E-state index < -0.39 is 0 Å². The lowest BCUT2D eigenvalue weighted by molar-refractivity contribution is 0.0903. The summed E-state index contributed by atoms with van der Waals surface area (Å²) in [6.07, 6.45) is 0.949. The number of nitrogens with zero attached hydrogens (tertiary/aromatic N) is 1. The second-order valence-electron chi connectivity index (χ2n) is 5.11. The smallest absolute Gasteiger partial charge is 0.290 e. The Hall–Kier alpha value is -2.14. The molecule has 20 heavy (non-hydrogen) atoms. The van der Waals surface area contributed by atoms with E-state index in [0.717, 1.165) is 25.1 Å². The van der Waals surface area contributed by atoms with Crippen molar-refractivity contribution >= 4 is 5.91 Å². The Balaban J connectivity index is 1.72. The molecule has 1 saturated heterocycles. The van der Waals surface area contributed by atoms with Gasteiger partial charge in [-0.1, -0.05) is 35.0 Å². The van der Waals surface area contributed by atoms with Gasteiger partial charge in [0.1, 0.15) is 5.69 Å². The summed E-state index contributed by atoms with van der Waals surface area (Å²) >= 11 is 0. The van der Waals surface area contributed by atoms with Crippen LogP contribution in [0.15, 0.2) is 34.9 Å². The van der Waals surface area contributed by atoms with Crippen LogP contribution in [0.25, 0.3) is 11.3 Å². The zero-order chi connectivity index (χ0) is 13.9. The highest BCUT2D eigenvalue weighted by Crippen LogP contribution is 2.19. The molecule has 1 aromatic carbocycles. The van der Waals surface area contributed by atoms with E-state index in [9.17, 15) is 4.79 Å². The minimum absolute atomic E-state index is 0.176. The molecule has 1 aliphatic heterocycles. The van der Waals surface area contributed by atoms with Crippen molar-refractivity contribution in [3.8, 4) is 11.3 Å². The molecule has 5 heteroatoms. The van der Waals surface area contributed by atoms with Crippen molar-refractivity contribution in [2.75, 3.05) is 13.1 Å². The van der Waals surface area contributed by atoms with Gasteiger partial charge in [-0.25, -0.2) is 0 Å². The molecule has 2 N–H and O–H groups in total. The molecule has 1 atom stereocenters. The summed E-state index contributed by atoms with van der Waals surface area (Å²) in [6.45, 7) is 3.78. The Labute approximate surface area is 117 Å². The Morgan fingerprint density at radius 3 is 2.90 bits per heavy atom. The summed E-state index contributed by atoms with van der Waals surface area (Å²) in [5.41, 5.74) is 2.81. The number of aromatic nitrogens is 1. The van der Waals surface area contributed by atoms with Gasteiger partial charge in [0.2, 0.25) is 5.76 Å². The SMILES string of the molecule is Cc1ccc(-c2cc(C(=O)NC3CCNC3)on2)cc1. The van der Waals surface area contributed by atoms with E-state index in [1.165, 1.54) is 5.56 Å². The Morgan fingerprint density at radius 2 is 2.20 bits per heavy atom. The van der Waals surface area contributed by atoms with Gasteiger partial charge in [0.05, 0.1) is 0 Å². The average Bonchev–Trinajstić information content (AvgIpc) is 3.10. The average molecular weight is 271 g/mol. The van der Waals surface area contributed by atoms with Crippen molar-refractivity contribution in [3.63, 3.8) is 0 Å². The third kappa shape index (κ3) is 2.72. The molecule has 1 aromatic heterocycles. The molecular weight excluding hydrogens is 254 g/mol. The van der Waals surface area contributed by atoms with Crippen molar-refractivity contribution in [1.82, 2.24) is 15.8 Å². The molecule has 1 amide bonds. The fourth-order valence-corrected chi connectivity index (χ4v) is 2.28. The van der Waals surface area contributed by atoms with Crippen LogP contribution in [0.3, 0.4) is 0 Å². The minimum Gasteiger partial charge on any atom is -0.350 e. The first-order valence-corrected chi connectivity index (χ1v) is 6.78. The molecule has 5 nitrogen and oxygen atoms in total. The second kappa shape index (κ2) is 5.46. The quantitative estimate of drug-likeness (QED) is 0.892. The van der Waals surface area contributed by atoms with E-state index in [2.05, 4.69) is 15.8 Å². The van der Waals surface area contributed by atoms with Gasteiger partial charge >= 0.3 is 0 Å². The molecule has 1 aliphatic rings. The summed E-state index contributed by atoms with van der Waals surface area (Å²) in [7, 11) is 0. The van der Waals surface area contributed by atoms with Gasteiger partial charge in [-0.05, 0) is 19.9 Å². The predicted molar refractivity (Wildman–Crippen MR) is 75.4 cm³/mol. The molecule has 0 aliphatic carbocycles. The van der Waals surface area contributed by atoms with Crippen LogP contribution >= 0.6 is 0 Å². The Kier molecular flexibility index (Phi) is 3.52. The lowest BCUT2D eigenvalue weighted by Gasteiger charge is -2.08. The number of carbonyl (C=O) groups excluding carboxylic acids is 1. The van der Waals surface area contributed by atoms with Crippen LogP contribution in [0.4, 0.5) is 0 Å². The predicted octanol–water partition coefficient (Wildman–Crippen LogP) is 1.74. The topological polar surface area (TPSA) is 67.2 Å². The molecule has 1 fully saturated rings. The first-order chi connectivity index (χ1) is 9.72. The molecule has 104 valence electrons.